The van der Waals surface area contributed by atoms with E-state index in [2.05, 4.69) is 26.1 Å². The van der Waals surface area contributed by atoms with Gasteiger partial charge in [0.15, 0.2) is 0 Å². The lowest BCUT2D eigenvalue weighted by atomic mass is 9.96. The smallest absolute Gasteiger partial charge is 0.410 e. The Morgan fingerprint density at radius 3 is 2.05 bits per heavy atom. The molecule has 0 spiro atoms. The topological polar surface area (TPSA) is 112 Å². The number of benzene rings is 1. The second-order valence-electron chi connectivity index (χ2n) is 13.8. The van der Waals surface area contributed by atoms with Gasteiger partial charge in [0.05, 0.1) is 11.0 Å². The van der Waals surface area contributed by atoms with Crippen molar-refractivity contribution in [2.24, 2.45) is 7.05 Å². The molecule has 2 aromatic rings. The summed E-state index contributed by atoms with van der Waals surface area (Å²) in [6.45, 7) is 13.4. The van der Waals surface area contributed by atoms with E-state index in [9.17, 15) is 19.2 Å². The molecular weight excluding hydrogens is 562 g/mol. The highest BCUT2D eigenvalue weighted by Crippen LogP contribution is 2.29. The number of hydrogen-bond acceptors (Lipinski definition) is 8. The predicted octanol–water partition coefficient (Wildman–Crippen LogP) is 2.30. The molecule has 5 heterocycles. The summed E-state index contributed by atoms with van der Waals surface area (Å²) in [5, 5.41) is 2.37. The van der Waals surface area contributed by atoms with Crippen LogP contribution >= 0.6 is 0 Å². The summed E-state index contributed by atoms with van der Waals surface area (Å²) in [5.41, 5.74) is 1.90. The van der Waals surface area contributed by atoms with Gasteiger partial charge in [0.25, 0.3) is 0 Å². The van der Waals surface area contributed by atoms with Gasteiger partial charge in [-0.1, -0.05) is 0 Å². The second kappa shape index (κ2) is 12.2. The van der Waals surface area contributed by atoms with Crippen molar-refractivity contribution in [1.29, 1.82) is 0 Å². The maximum absolute atomic E-state index is 13.1. The molecule has 0 aliphatic carbocycles. The molecule has 240 valence electrons. The largest absolute Gasteiger partial charge is 0.444 e. The molecule has 12 heteroatoms. The maximum Gasteiger partial charge on any atom is 0.410 e. The third-order valence-electron chi connectivity index (χ3n) is 9.92. The van der Waals surface area contributed by atoms with Crippen LogP contribution in [0, 0.1) is 0 Å². The molecule has 1 aromatic heterocycles. The van der Waals surface area contributed by atoms with Crippen molar-refractivity contribution < 1.29 is 19.1 Å². The zero-order chi connectivity index (χ0) is 31.2. The number of aryl methyl sites for hydroxylation is 1. The third kappa shape index (κ3) is 6.24. The molecule has 1 atom stereocenters. The molecule has 1 unspecified atom stereocenters. The summed E-state index contributed by atoms with van der Waals surface area (Å²) in [5.74, 6) is -0.700. The van der Waals surface area contributed by atoms with E-state index < -0.39 is 17.6 Å². The van der Waals surface area contributed by atoms with Gasteiger partial charge in [-0.15, -0.1) is 0 Å². The summed E-state index contributed by atoms with van der Waals surface area (Å²) >= 11 is 0. The molecule has 4 aliphatic rings. The molecule has 12 nitrogen and oxygen atoms in total. The van der Waals surface area contributed by atoms with Gasteiger partial charge < -0.3 is 19.4 Å². The Kier molecular flexibility index (Phi) is 8.49. The Morgan fingerprint density at radius 1 is 0.818 bits per heavy atom. The Bertz CT molecular complexity index is 1450. The lowest BCUT2D eigenvalue weighted by Crippen LogP contribution is -2.55. The molecular formula is C32H47N7O5. The third-order valence-corrected chi connectivity index (χ3v) is 9.92. The molecule has 3 amide bonds. The van der Waals surface area contributed by atoms with Crippen molar-refractivity contribution in [2.45, 2.75) is 83.0 Å². The van der Waals surface area contributed by atoms with Crippen LogP contribution < -0.4 is 15.9 Å². The second-order valence-corrected chi connectivity index (χ2v) is 13.8. The summed E-state index contributed by atoms with van der Waals surface area (Å²) in [6.07, 6.45) is 4.74. The normalized spacial score (nSPS) is 23.8. The summed E-state index contributed by atoms with van der Waals surface area (Å²) in [7, 11) is 1.74. The first kappa shape index (κ1) is 30.6. The number of fused-ring (bicyclic) bond motifs is 1. The lowest BCUT2D eigenvalue weighted by Gasteiger charge is -2.46. The summed E-state index contributed by atoms with van der Waals surface area (Å²) < 4.78 is 8.70. The van der Waals surface area contributed by atoms with Gasteiger partial charge in [0.2, 0.25) is 11.8 Å². The number of likely N-dealkylation sites (tertiary alicyclic amines) is 2. The van der Waals surface area contributed by atoms with Gasteiger partial charge >= 0.3 is 11.8 Å². The Labute approximate surface area is 258 Å². The number of piperidine rings is 3. The average molecular weight is 610 g/mol. The standard InChI is InChI=1S/C32H47N7O5/c1-32(2,3)44-31(43)38-15-11-22(12-16-38)35-13-9-23(10-14-35)36-17-19-37(20-18-36)24-5-6-25-27(21-24)34(4)30(42)39(25)26-7-8-28(40)33-29(26)41/h5-6,21-23,26H,7-20H2,1-4H3,(H,33,40,41). The fourth-order valence-corrected chi connectivity index (χ4v) is 7.48. The fraction of sp³-hybridized carbons (Fsp3) is 0.688. The van der Waals surface area contributed by atoms with Crippen molar-refractivity contribution in [3.63, 3.8) is 0 Å². The van der Waals surface area contributed by atoms with E-state index in [-0.39, 0.29) is 24.1 Å². The van der Waals surface area contributed by atoms with E-state index in [1.54, 1.807) is 11.6 Å². The van der Waals surface area contributed by atoms with Crippen LogP contribution in [0.25, 0.3) is 11.0 Å². The fourth-order valence-electron chi connectivity index (χ4n) is 7.48. The Hall–Kier alpha value is -3.38. The Balaban J connectivity index is 1.00. The molecule has 44 heavy (non-hydrogen) atoms. The number of ether oxygens (including phenoxy) is 1. The maximum atomic E-state index is 13.1. The van der Waals surface area contributed by atoms with Crippen molar-refractivity contribution in [3.05, 3.63) is 28.7 Å². The number of carbonyl (C=O) groups is 3. The number of nitrogens with zero attached hydrogens (tertiary/aromatic N) is 6. The monoisotopic (exact) mass is 609 g/mol. The van der Waals surface area contributed by atoms with Gasteiger partial charge in [-0.3, -0.25) is 28.9 Å². The van der Waals surface area contributed by atoms with E-state index in [4.69, 9.17) is 4.74 Å². The van der Waals surface area contributed by atoms with E-state index in [1.165, 1.54) is 17.4 Å². The van der Waals surface area contributed by atoms with Crippen LogP contribution in [0.1, 0.15) is 65.3 Å². The quantitative estimate of drug-likeness (QED) is 0.526. The first-order valence-electron chi connectivity index (χ1n) is 16.2. The minimum Gasteiger partial charge on any atom is -0.444 e. The molecule has 6 rings (SSSR count). The van der Waals surface area contributed by atoms with Crippen LogP contribution in [-0.2, 0) is 21.4 Å². The number of nitrogens with one attached hydrogen (secondary N) is 1. The number of aromatic nitrogens is 2. The number of piperazine rings is 1. The van der Waals surface area contributed by atoms with E-state index in [1.807, 2.05) is 37.8 Å². The average Bonchev–Trinajstić information content (AvgIpc) is 3.25. The lowest BCUT2D eigenvalue weighted by molar-refractivity contribution is -0.135. The Morgan fingerprint density at radius 2 is 1.43 bits per heavy atom. The molecule has 4 fully saturated rings. The first-order valence-corrected chi connectivity index (χ1v) is 16.2. The van der Waals surface area contributed by atoms with Crippen LogP contribution in [-0.4, -0.2) is 112 Å². The molecule has 1 N–H and O–H groups in total. The SMILES string of the molecule is Cn1c(=O)n(C2CCC(=O)NC2=O)c2ccc(N3CCN(C4CCN(C5CCN(C(=O)OC(C)(C)C)CC5)CC4)CC3)cc21. The molecule has 0 bridgehead atoms. The number of amides is 3. The molecule has 0 saturated carbocycles. The molecule has 0 radical (unpaired) electrons. The zero-order valence-corrected chi connectivity index (χ0v) is 26.6. The molecule has 4 aliphatic heterocycles. The number of imide groups is 1. The molecule has 4 saturated heterocycles. The number of imidazole rings is 1. The zero-order valence-electron chi connectivity index (χ0n) is 26.6. The van der Waals surface area contributed by atoms with Crippen LogP contribution in [0.4, 0.5) is 10.5 Å². The number of rotatable bonds is 4. The minimum atomic E-state index is -0.672. The predicted molar refractivity (Wildman–Crippen MR) is 168 cm³/mol. The van der Waals surface area contributed by atoms with Gasteiger partial charge in [0.1, 0.15) is 11.6 Å². The first-order chi connectivity index (χ1) is 21.0. The summed E-state index contributed by atoms with van der Waals surface area (Å²) in [6, 6.07) is 6.52. The van der Waals surface area contributed by atoms with Gasteiger partial charge in [-0.25, -0.2) is 9.59 Å². The highest BCUT2D eigenvalue weighted by atomic mass is 16.6. The van der Waals surface area contributed by atoms with Crippen molar-refractivity contribution in [1.82, 2.24) is 29.2 Å². The van der Waals surface area contributed by atoms with Crippen LogP contribution in [0.2, 0.25) is 0 Å². The van der Waals surface area contributed by atoms with E-state index >= 15 is 0 Å². The van der Waals surface area contributed by atoms with E-state index in [0.29, 0.717) is 18.5 Å². The van der Waals surface area contributed by atoms with E-state index in [0.717, 1.165) is 81.9 Å². The highest BCUT2D eigenvalue weighted by Gasteiger charge is 2.34. The van der Waals surface area contributed by atoms with Gasteiger partial charge in [-0.05, 0) is 84.2 Å². The highest BCUT2D eigenvalue weighted by molar-refractivity contribution is 6.00. The minimum absolute atomic E-state index is 0.191. The van der Waals surface area contributed by atoms with Crippen LogP contribution in [0.5, 0.6) is 0 Å². The summed E-state index contributed by atoms with van der Waals surface area (Å²) in [4.78, 5) is 59.3. The van der Waals surface area contributed by atoms with Gasteiger partial charge in [-0.2, -0.15) is 0 Å². The molecule has 1 aromatic carbocycles. The number of anilines is 1. The van der Waals surface area contributed by atoms with Crippen molar-refractivity contribution in [3.8, 4) is 0 Å². The van der Waals surface area contributed by atoms with Crippen molar-refractivity contribution >= 4 is 34.6 Å². The van der Waals surface area contributed by atoms with Crippen molar-refractivity contribution in [2.75, 3.05) is 57.3 Å². The van der Waals surface area contributed by atoms with Crippen LogP contribution in [0.3, 0.4) is 0 Å². The van der Waals surface area contributed by atoms with Crippen LogP contribution in [0.15, 0.2) is 23.0 Å². The number of hydrogen-bond donors (Lipinski definition) is 1. The number of carbonyl (C=O) groups excluding carboxylic acids is 3. The van der Waals surface area contributed by atoms with Gasteiger partial charge in [0, 0.05) is 70.5 Å².